The number of guanidine groups is 1. The number of halogens is 1. The molecule has 2 aromatic heterocycles. The molecule has 1 fully saturated rings. The van der Waals surface area contributed by atoms with Crippen molar-refractivity contribution in [2.24, 2.45) is 4.99 Å². The van der Waals surface area contributed by atoms with E-state index in [-0.39, 0.29) is 24.0 Å². The second-order valence-corrected chi connectivity index (χ2v) is 7.72. The molecule has 0 atom stereocenters. The number of rotatable bonds is 5. The van der Waals surface area contributed by atoms with Gasteiger partial charge in [0.25, 0.3) is 0 Å². The first-order valence-electron chi connectivity index (χ1n) is 9.52. The third kappa shape index (κ3) is 5.80. The number of piperazine rings is 1. The third-order valence-corrected chi connectivity index (χ3v) is 5.70. The van der Waals surface area contributed by atoms with Crippen molar-refractivity contribution in [3.63, 3.8) is 0 Å². The lowest BCUT2D eigenvalue weighted by atomic mass is 10.2. The van der Waals surface area contributed by atoms with Crippen LogP contribution in [0.5, 0.6) is 0 Å². The highest BCUT2D eigenvalue weighted by Crippen LogP contribution is 2.23. The number of benzene rings is 1. The van der Waals surface area contributed by atoms with Crippen LogP contribution >= 0.6 is 35.3 Å². The van der Waals surface area contributed by atoms with E-state index < -0.39 is 0 Å². The van der Waals surface area contributed by atoms with E-state index in [0.717, 1.165) is 49.3 Å². The maximum absolute atomic E-state index is 5.59. The van der Waals surface area contributed by atoms with E-state index in [1.165, 1.54) is 5.56 Å². The molecule has 0 bridgehead atoms. The van der Waals surface area contributed by atoms with Gasteiger partial charge in [-0.15, -0.1) is 35.3 Å². The fourth-order valence-corrected chi connectivity index (χ4v) is 4.02. The van der Waals surface area contributed by atoms with Gasteiger partial charge in [-0.1, -0.05) is 36.4 Å². The molecule has 0 aliphatic carbocycles. The Hall–Kier alpha value is -1.91. The Labute approximate surface area is 192 Å². The highest BCUT2D eigenvalue weighted by molar-refractivity contribution is 14.0. The van der Waals surface area contributed by atoms with Gasteiger partial charge in [0, 0.05) is 39.8 Å². The van der Waals surface area contributed by atoms with Gasteiger partial charge in [0.05, 0.1) is 17.1 Å². The number of oxazole rings is 1. The molecule has 3 heterocycles. The van der Waals surface area contributed by atoms with Gasteiger partial charge in [-0.3, -0.25) is 9.89 Å². The quantitative estimate of drug-likeness (QED) is 0.312. The Morgan fingerprint density at radius 2 is 1.93 bits per heavy atom. The zero-order valence-corrected chi connectivity index (χ0v) is 19.6. The molecule has 6 nitrogen and oxygen atoms in total. The van der Waals surface area contributed by atoms with Crippen LogP contribution in [-0.4, -0.2) is 54.0 Å². The summed E-state index contributed by atoms with van der Waals surface area (Å²) in [5, 5.41) is 5.44. The molecule has 1 aliphatic rings. The maximum atomic E-state index is 5.59. The number of hydrogen-bond donors (Lipinski definition) is 1. The van der Waals surface area contributed by atoms with Crippen molar-refractivity contribution in [2.75, 3.05) is 33.2 Å². The molecule has 0 spiro atoms. The van der Waals surface area contributed by atoms with Crippen LogP contribution in [-0.2, 0) is 13.1 Å². The first-order valence-corrected chi connectivity index (χ1v) is 10.4. The average Bonchev–Trinajstić information content (AvgIpc) is 3.42. The number of nitrogens with one attached hydrogen (secondary N) is 1. The molecule has 1 N–H and O–H groups in total. The van der Waals surface area contributed by atoms with E-state index >= 15 is 0 Å². The lowest BCUT2D eigenvalue weighted by molar-refractivity contribution is 0.172. The molecule has 3 aromatic rings. The lowest BCUT2D eigenvalue weighted by Gasteiger charge is -2.36. The van der Waals surface area contributed by atoms with Crippen molar-refractivity contribution in [2.45, 2.75) is 13.1 Å². The molecule has 154 valence electrons. The molecule has 0 amide bonds. The number of thiophene rings is 1. The van der Waals surface area contributed by atoms with Crippen LogP contribution in [0.4, 0.5) is 0 Å². The summed E-state index contributed by atoms with van der Waals surface area (Å²) < 4.78 is 5.59. The topological polar surface area (TPSA) is 56.9 Å². The SMILES string of the molecule is CN=C(NCc1coc(-c2cccs2)n1)N1CCN(Cc2ccccc2)CC1.I. The van der Waals surface area contributed by atoms with E-state index in [1.807, 2.05) is 24.6 Å². The van der Waals surface area contributed by atoms with Crippen molar-refractivity contribution < 1.29 is 4.42 Å². The fraction of sp³-hybridized carbons (Fsp3) is 0.333. The minimum atomic E-state index is 0. The van der Waals surface area contributed by atoms with Crippen LogP contribution in [0, 0.1) is 0 Å². The zero-order chi connectivity index (χ0) is 19.2. The predicted molar refractivity (Wildman–Crippen MR) is 129 cm³/mol. The van der Waals surface area contributed by atoms with E-state index in [2.05, 4.69) is 55.4 Å². The summed E-state index contributed by atoms with van der Waals surface area (Å²) in [5.41, 5.74) is 2.25. The van der Waals surface area contributed by atoms with Crippen LogP contribution < -0.4 is 5.32 Å². The van der Waals surface area contributed by atoms with Gasteiger partial charge in [-0.2, -0.15) is 0 Å². The van der Waals surface area contributed by atoms with Gasteiger partial charge < -0.3 is 14.6 Å². The summed E-state index contributed by atoms with van der Waals surface area (Å²) in [5.74, 6) is 1.59. The maximum Gasteiger partial charge on any atom is 0.236 e. The first-order chi connectivity index (χ1) is 13.8. The van der Waals surface area contributed by atoms with Crippen LogP contribution in [0.2, 0.25) is 0 Å². The van der Waals surface area contributed by atoms with Crippen LogP contribution in [0.25, 0.3) is 10.8 Å². The second kappa shape index (κ2) is 10.7. The summed E-state index contributed by atoms with van der Waals surface area (Å²) in [6.07, 6.45) is 1.72. The number of aromatic nitrogens is 1. The molecule has 8 heteroatoms. The van der Waals surface area contributed by atoms with Crippen molar-refractivity contribution in [1.29, 1.82) is 0 Å². The van der Waals surface area contributed by atoms with Crippen molar-refractivity contribution in [1.82, 2.24) is 20.1 Å². The minimum Gasteiger partial charge on any atom is -0.443 e. The smallest absolute Gasteiger partial charge is 0.236 e. The largest absolute Gasteiger partial charge is 0.443 e. The molecule has 0 radical (unpaired) electrons. The Kier molecular flexibility index (Phi) is 8.08. The Bertz CT molecular complexity index is 889. The Morgan fingerprint density at radius 3 is 2.62 bits per heavy atom. The summed E-state index contributed by atoms with van der Waals surface area (Å²) in [6, 6.07) is 14.7. The van der Waals surface area contributed by atoms with Gasteiger partial charge in [0.2, 0.25) is 5.89 Å². The highest BCUT2D eigenvalue weighted by Gasteiger charge is 2.20. The van der Waals surface area contributed by atoms with Crippen molar-refractivity contribution in [3.8, 4) is 10.8 Å². The summed E-state index contributed by atoms with van der Waals surface area (Å²) >= 11 is 1.63. The van der Waals surface area contributed by atoms with Gasteiger partial charge in [-0.25, -0.2) is 4.98 Å². The second-order valence-electron chi connectivity index (χ2n) is 6.77. The van der Waals surface area contributed by atoms with Crippen molar-refractivity contribution in [3.05, 3.63) is 65.4 Å². The summed E-state index contributed by atoms with van der Waals surface area (Å²) in [4.78, 5) is 14.9. The van der Waals surface area contributed by atoms with E-state index in [4.69, 9.17) is 4.42 Å². The fourth-order valence-electron chi connectivity index (χ4n) is 3.36. The standard InChI is InChI=1S/C21H25N5OS.HI/c1-22-21(23-14-18-16-27-20(24-18)19-8-5-13-28-19)26-11-9-25(10-12-26)15-17-6-3-2-4-7-17;/h2-8,13,16H,9-12,14-15H2,1H3,(H,22,23);1H. The summed E-state index contributed by atoms with van der Waals surface area (Å²) in [6.45, 7) is 5.60. The molecule has 0 saturated carbocycles. The molecular weight excluding hydrogens is 497 g/mol. The molecule has 1 saturated heterocycles. The predicted octanol–water partition coefficient (Wildman–Crippen LogP) is 3.91. The van der Waals surface area contributed by atoms with E-state index in [1.54, 1.807) is 17.6 Å². The molecule has 29 heavy (non-hydrogen) atoms. The average molecular weight is 523 g/mol. The molecular formula is C21H26IN5OS. The first kappa shape index (κ1) is 21.8. The van der Waals surface area contributed by atoms with Crippen LogP contribution in [0.1, 0.15) is 11.3 Å². The number of hydrogen-bond acceptors (Lipinski definition) is 5. The Morgan fingerprint density at radius 1 is 1.14 bits per heavy atom. The van der Waals surface area contributed by atoms with Crippen LogP contribution in [0.3, 0.4) is 0 Å². The molecule has 4 rings (SSSR count). The number of nitrogens with zero attached hydrogens (tertiary/aromatic N) is 4. The monoisotopic (exact) mass is 523 g/mol. The molecule has 1 aromatic carbocycles. The lowest BCUT2D eigenvalue weighted by Crippen LogP contribution is -2.52. The molecule has 0 unspecified atom stereocenters. The van der Waals surface area contributed by atoms with Gasteiger partial charge in [0.15, 0.2) is 5.96 Å². The Balaban J connectivity index is 0.00000240. The van der Waals surface area contributed by atoms with Gasteiger partial charge in [0.1, 0.15) is 6.26 Å². The molecule has 1 aliphatic heterocycles. The third-order valence-electron chi connectivity index (χ3n) is 4.84. The highest BCUT2D eigenvalue weighted by atomic mass is 127. The van der Waals surface area contributed by atoms with E-state index in [9.17, 15) is 0 Å². The van der Waals surface area contributed by atoms with Crippen molar-refractivity contribution >= 4 is 41.3 Å². The number of aliphatic imine (C=N–C) groups is 1. The van der Waals surface area contributed by atoms with Crippen LogP contribution in [0.15, 0.2) is 63.5 Å². The minimum absolute atomic E-state index is 0. The van der Waals surface area contributed by atoms with Gasteiger partial charge >= 0.3 is 0 Å². The normalized spacial score (nSPS) is 15.2. The van der Waals surface area contributed by atoms with E-state index in [0.29, 0.717) is 12.4 Å². The van der Waals surface area contributed by atoms with Gasteiger partial charge in [-0.05, 0) is 17.0 Å². The zero-order valence-electron chi connectivity index (χ0n) is 16.5. The summed E-state index contributed by atoms with van der Waals surface area (Å²) in [7, 11) is 1.83.